The van der Waals surface area contributed by atoms with Gasteiger partial charge in [0.05, 0.1) is 5.02 Å². The summed E-state index contributed by atoms with van der Waals surface area (Å²) in [5.74, 6) is -3.11. The Bertz CT molecular complexity index is 540. The molecular formula is C14H17ClF4N2O2. The van der Waals surface area contributed by atoms with Crippen molar-refractivity contribution in [2.24, 2.45) is 0 Å². The lowest BCUT2D eigenvalue weighted by Gasteiger charge is -2.37. The highest BCUT2D eigenvalue weighted by Crippen LogP contribution is 2.25. The van der Waals surface area contributed by atoms with Gasteiger partial charge in [0, 0.05) is 31.4 Å². The van der Waals surface area contributed by atoms with Crippen LogP contribution in [0.5, 0.6) is 0 Å². The number of aliphatic carboxylic acids is 1. The molecule has 1 aromatic carbocycles. The fourth-order valence-corrected chi connectivity index (χ4v) is 2.30. The molecule has 0 aliphatic carbocycles. The number of carboxylic acid groups (broad SMARTS) is 1. The Hall–Kier alpha value is -1.54. The monoisotopic (exact) mass is 356 g/mol. The molecule has 0 amide bonds. The van der Waals surface area contributed by atoms with Gasteiger partial charge in [0.1, 0.15) is 5.82 Å². The first kappa shape index (κ1) is 19.5. The number of carbonyl (C=O) groups is 1. The Morgan fingerprint density at radius 3 is 2.57 bits per heavy atom. The molecule has 0 spiro atoms. The van der Waals surface area contributed by atoms with Crippen LogP contribution in [-0.2, 0) is 4.79 Å². The fourth-order valence-electron chi connectivity index (χ4n) is 2.13. The van der Waals surface area contributed by atoms with Crippen molar-refractivity contribution in [1.29, 1.82) is 0 Å². The van der Waals surface area contributed by atoms with Crippen LogP contribution in [0.1, 0.15) is 13.3 Å². The third-order valence-electron chi connectivity index (χ3n) is 3.30. The van der Waals surface area contributed by atoms with Crippen LogP contribution in [0.2, 0.25) is 5.02 Å². The highest BCUT2D eigenvalue weighted by molar-refractivity contribution is 6.31. The summed E-state index contributed by atoms with van der Waals surface area (Å²) in [6.07, 6.45) is -4.01. The van der Waals surface area contributed by atoms with E-state index in [1.807, 2.05) is 0 Å². The molecule has 4 nitrogen and oxygen atoms in total. The Kier molecular flexibility index (Phi) is 7.08. The molecule has 2 N–H and O–H groups in total. The van der Waals surface area contributed by atoms with Gasteiger partial charge in [-0.15, -0.1) is 0 Å². The number of piperazine rings is 1. The molecule has 1 aliphatic rings. The van der Waals surface area contributed by atoms with E-state index in [2.05, 4.69) is 17.1 Å². The average Bonchev–Trinajstić information content (AvgIpc) is 2.49. The molecular weight excluding hydrogens is 340 g/mol. The van der Waals surface area contributed by atoms with Gasteiger partial charge < -0.3 is 15.3 Å². The van der Waals surface area contributed by atoms with E-state index in [-0.39, 0.29) is 10.8 Å². The maximum absolute atomic E-state index is 13.1. The first-order valence-corrected chi connectivity index (χ1v) is 7.27. The molecule has 0 saturated carbocycles. The molecule has 2 rings (SSSR count). The van der Waals surface area contributed by atoms with Gasteiger partial charge in [-0.25, -0.2) is 9.18 Å². The first-order chi connectivity index (χ1) is 10.7. The van der Waals surface area contributed by atoms with Crippen LogP contribution in [-0.4, -0.2) is 42.9 Å². The molecule has 1 aromatic rings. The lowest BCUT2D eigenvalue weighted by atomic mass is 10.1. The van der Waals surface area contributed by atoms with E-state index in [0.29, 0.717) is 6.04 Å². The van der Waals surface area contributed by atoms with Crippen molar-refractivity contribution in [3.05, 3.63) is 29.0 Å². The number of halogens is 5. The standard InChI is InChI=1S/C12H16ClFN2.C2HF3O2/c1-2-9-8-15-5-6-16(9)10-3-4-12(14)11(13)7-10;3-2(4,5)1(6)7/h3-4,7,9,15H,2,5-6,8H2,1H3;(H,6,7)/t9-;/m1./s1. The van der Waals surface area contributed by atoms with Crippen LogP contribution in [0.25, 0.3) is 0 Å². The molecule has 1 saturated heterocycles. The number of hydrogen-bond donors (Lipinski definition) is 2. The predicted molar refractivity (Wildman–Crippen MR) is 79.4 cm³/mol. The van der Waals surface area contributed by atoms with Crippen molar-refractivity contribution in [3.8, 4) is 0 Å². The second-order valence-corrected chi connectivity index (χ2v) is 5.27. The number of carboxylic acids is 1. The molecule has 1 heterocycles. The third-order valence-corrected chi connectivity index (χ3v) is 3.59. The van der Waals surface area contributed by atoms with Crippen molar-refractivity contribution >= 4 is 23.3 Å². The van der Waals surface area contributed by atoms with Gasteiger partial charge >= 0.3 is 12.1 Å². The van der Waals surface area contributed by atoms with Gasteiger partial charge in [-0.1, -0.05) is 18.5 Å². The molecule has 1 atom stereocenters. The zero-order chi connectivity index (χ0) is 17.6. The second kappa shape index (κ2) is 8.35. The van der Waals surface area contributed by atoms with E-state index < -0.39 is 12.1 Å². The number of hydrogen-bond acceptors (Lipinski definition) is 3. The number of anilines is 1. The van der Waals surface area contributed by atoms with Gasteiger partial charge in [0.25, 0.3) is 0 Å². The van der Waals surface area contributed by atoms with Gasteiger partial charge in [0.2, 0.25) is 0 Å². The molecule has 0 radical (unpaired) electrons. The molecule has 0 aromatic heterocycles. The van der Waals surface area contributed by atoms with E-state index in [1.54, 1.807) is 12.1 Å². The summed E-state index contributed by atoms with van der Waals surface area (Å²) in [5, 5.41) is 10.7. The van der Waals surface area contributed by atoms with E-state index in [9.17, 15) is 17.6 Å². The fraction of sp³-hybridized carbons (Fsp3) is 0.500. The van der Waals surface area contributed by atoms with Crippen LogP contribution in [0, 0.1) is 5.82 Å². The normalized spacial score (nSPS) is 18.2. The van der Waals surface area contributed by atoms with Gasteiger partial charge in [0.15, 0.2) is 0 Å². The predicted octanol–water partition coefficient (Wildman–Crippen LogP) is 3.30. The van der Waals surface area contributed by atoms with Crippen LogP contribution in [0.4, 0.5) is 23.2 Å². The number of alkyl halides is 3. The number of rotatable bonds is 2. The molecule has 0 unspecified atom stereocenters. The molecule has 130 valence electrons. The number of nitrogens with zero attached hydrogens (tertiary/aromatic N) is 1. The van der Waals surface area contributed by atoms with Crippen LogP contribution in [0.3, 0.4) is 0 Å². The SMILES string of the molecule is CC[C@@H]1CNCCN1c1ccc(F)c(Cl)c1.O=C(O)C(F)(F)F. The van der Waals surface area contributed by atoms with Crippen LogP contribution < -0.4 is 10.2 Å². The number of nitrogens with one attached hydrogen (secondary N) is 1. The van der Waals surface area contributed by atoms with Gasteiger partial charge in [-0.2, -0.15) is 13.2 Å². The quantitative estimate of drug-likeness (QED) is 0.798. The maximum atomic E-state index is 13.1. The first-order valence-electron chi connectivity index (χ1n) is 6.89. The minimum atomic E-state index is -5.08. The zero-order valence-corrected chi connectivity index (χ0v) is 13.1. The molecule has 1 fully saturated rings. The second-order valence-electron chi connectivity index (χ2n) is 4.86. The highest BCUT2D eigenvalue weighted by Gasteiger charge is 2.38. The van der Waals surface area contributed by atoms with Crippen molar-refractivity contribution in [1.82, 2.24) is 5.32 Å². The average molecular weight is 357 g/mol. The van der Waals surface area contributed by atoms with Crippen molar-refractivity contribution in [2.75, 3.05) is 24.5 Å². The Morgan fingerprint density at radius 1 is 1.48 bits per heavy atom. The number of benzene rings is 1. The van der Waals surface area contributed by atoms with Crippen molar-refractivity contribution in [2.45, 2.75) is 25.6 Å². The molecule has 9 heteroatoms. The smallest absolute Gasteiger partial charge is 0.475 e. The zero-order valence-electron chi connectivity index (χ0n) is 12.3. The maximum Gasteiger partial charge on any atom is 0.490 e. The van der Waals surface area contributed by atoms with Crippen molar-refractivity contribution in [3.63, 3.8) is 0 Å². The summed E-state index contributed by atoms with van der Waals surface area (Å²) >= 11 is 5.81. The lowest BCUT2D eigenvalue weighted by Crippen LogP contribution is -2.51. The van der Waals surface area contributed by atoms with E-state index in [0.717, 1.165) is 31.7 Å². The van der Waals surface area contributed by atoms with Gasteiger partial charge in [-0.3, -0.25) is 0 Å². The van der Waals surface area contributed by atoms with Crippen LogP contribution in [0.15, 0.2) is 18.2 Å². The van der Waals surface area contributed by atoms with Crippen molar-refractivity contribution < 1.29 is 27.5 Å². The minimum absolute atomic E-state index is 0.200. The van der Waals surface area contributed by atoms with Crippen LogP contribution >= 0.6 is 11.6 Å². The summed E-state index contributed by atoms with van der Waals surface area (Å²) in [5.41, 5.74) is 1.01. The highest BCUT2D eigenvalue weighted by atomic mass is 35.5. The van der Waals surface area contributed by atoms with E-state index in [1.165, 1.54) is 6.07 Å². The largest absolute Gasteiger partial charge is 0.490 e. The summed E-state index contributed by atoms with van der Waals surface area (Å²) < 4.78 is 44.8. The minimum Gasteiger partial charge on any atom is -0.475 e. The lowest BCUT2D eigenvalue weighted by molar-refractivity contribution is -0.192. The Balaban J connectivity index is 0.000000322. The van der Waals surface area contributed by atoms with Gasteiger partial charge in [-0.05, 0) is 24.6 Å². The Labute approximate surface area is 136 Å². The molecule has 1 aliphatic heterocycles. The van der Waals surface area contributed by atoms with E-state index in [4.69, 9.17) is 21.5 Å². The van der Waals surface area contributed by atoms with E-state index >= 15 is 0 Å². The summed E-state index contributed by atoms with van der Waals surface area (Å²) in [6, 6.07) is 5.42. The molecule has 23 heavy (non-hydrogen) atoms. The Morgan fingerprint density at radius 2 is 2.09 bits per heavy atom. The summed E-state index contributed by atoms with van der Waals surface area (Å²) in [7, 11) is 0. The molecule has 0 bridgehead atoms. The summed E-state index contributed by atoms with van der Waals surface area (Å²) in [6.45, 7) is 5.05. The summed E-state index contributed by atoms with van der Waals surface area (Å²) in [4.78, 5) is 11.2. The third kappa shape index (κ3) is 5.87. The topological polar surface area (TPSA) is 52.6 Å².